The van der Waals surface area contributed by atoms with Crippen LogP contribution in [0.1, 0.15) is 39.3 Å². The van der Waals surface area contributed by atoms with Gasteiger partial charge in [-0.3, -0.25) is 4.79 Å². The third-order valence-electron chi connectivity index (χ3n) is 2.84. The molecule has 20 heavy (non-hydrogen) atoms. The van der Waals surface area contributed by atoms with E-state index in [1.807, 2.05) is 13.8 Å². The summed E-state index contributed by atoms with van der Waals surface area (Å²) in [6, 6.07) is 5.87. The number of likely N-dealkylation sites (N-methyl/N-ethyl adjacent to an activating group) is 1. The van der Waals surface area contributed by atoms with E-state index in [1.165, 1.54) is 11.8 Å². The van der Waals surface area contributed by atoms with Crippen molar-refractivity contribution in [3.8, 4) is 5.75 Å². The predicted octanol–water partition coefficient (Wildman–Crippen LogP) is 2.47. The lowest BCUT2D eigenvalue weighted by atomic mass is 10.0. The molecule has 0 bridgehead atoms. The monoisotopic (exact) mass is 279 g/mol. The molecule has 1 atom stereocenters. The van der Waals surface area contributed by atoms with Crippen LogP contribution in [-0.4, -0.2) is 34.5 Å². The van der Waals surface area contributed by atoms with Crippen molar-refractivity contribution >= 4 is 11.9 Å². The van der Waals surface area contributed by atoms with Crippen LogP contribution in [0, 0.1) is 0 Å². The van der Waals surface area contributed by atoms with E-state index >= 15 is 0 Å². The summed E-state index contributed by atoms with van der Waals surface area (Å²) < 4.78 is 5.56. The molecule has 0 saturated heterocycles. The van der Waals surface area contributed by atoms with Crippen molar-refractivity contribution < 1.29 is 19.4 Å². The first-order valence-corrected chi connectivity index (χ1v) is 6.63. The molecule has 0 aliphatic carbocycles. The number of benzene rings is 1. The Labute approximate surface area is 119 Å². The van der Waals surface area contributed by atoms with Gasteiger partial charge in [-0.25, -0.2) is 4.79 Å². The molecule has 5 nitrogen and oxygen atoms in total. The minimum atomic E-state index is -1.05. The van der Waals surface area contributed by atoms with Gasteiger partial charge in [-0.05, 0) is 38.5 Å². The van der Waals surface area contributed by atoms with E-state index in [4.69, 9.17) is 4.74 Å². The lowest BCUT2D eigenvalue weighted by Crippen LogP contribution is -2.37. The zero-order valence-electron chi connectivity index (χ0n) is 12.3. The molecule has 1 N–H and O–H groups in total. The first-order valence-electron chi connectivity index (χ1n) is 6.63. The first-order chi connectivity index (χ1) is 9.36. The number of ether oxygens (including phenoxy) is 1. The van der Waals surface area contributed by atoms with Crippen molar-refractivity contribution in [2.24, 2.45) is 0 Å². The van der Waals surface area contributed by atoms with E-state index in [9.17, 15) is 14.7 Å². The Hall–Kier alpha value is -2.04. The van der Waals surface area contributed by atoms with Gasteiger partial charge < -0.3 is 14.7 Å². The summed E-state index contributed by atoms with van der Waals surface area (Å²) in [7, 11) is 0. The van der Waals surface area contributed by atoms with Crippen molar-refractivity contribution in [1.82, 2.24) is 4.90 Å². The molecule has 1 aromatic rings. The van der Waals surface area contributed by atoms with Crippen molar-refractivity contribution in [3.63, 3.8) is 0 Å². The second-order valence-corrected chi connectivity index (χ2v) is 4.78. The average Bonchev–Trinajstić information content (AvgIpc) is 2.34. The van der Waals surface area contributed by atoms with Gasteiger partial charge in [0.05, 0.1) is 6.10 Å². The number of amides is 1. The minimum absolute atomic E-state index is 0.00335. The lowest BCUT2D eigenvalue weighted by Gasteiger charge is -2.27. The molecule has 5 heteroatoms. The molecule has 0 aliphatic heterocycles. The molecule has 1 unspecified atom stereocenters. The predicted molar refractivity (Wildman–Crippen MR) is 75.6 cm³/mol. The van der Waals surface area contributed by atoms with Crippen LogP contribution in [-0.2, 0) is 9.59 Å². The van der Waals surface area contributed by atoms with Gasteiger partial charge in [-0.15, -0.1) is 0 Å². The number of carboxylic acid groups (broad SMARTS) is 1. The highest BCUT2D eigenvalue weighted by Gasteiger charge is 2.28. The van der Waals surface area contributed by atoms with Gasteiger partial charge >= 0.3 is 5.97 Å². The number of nitrogens with zero attached hydrogens (tertiary/aromatic N) is 1. The van der Waals surface area contributed by atoms with E-state index in [2.05, 4.69) is 0 Å². The zero-order chi connectivity index (χ0) is 15.3. The van der Waals surface area contributed by atoms with Crippen LogP contribution in [0.3, 0.4) is 0 Å². The Bertz CT molecular complexity index is 485. The Balaban J connectivity index is 3.15. The number of carboxylic acids is 1. The molecule has 0 aromatic heterocycles. The third kappa shape index (κ3) is 3.98. The SMILES string of the molecule is CCN(C(C)=O)C(C(=O)O)c1cccc(OC(C)C)c1. The molecule has 0 heterocycles. The highest BCUT2D eigenvalue weighted by atomic mass is 16.5. The van der Waals surface area contributed by atoms with E-state index < -0.39 is 12.0 Å². The average molecular weight is 279 g/mol. The molecule has 1 aromatic carbocycles. The fourth-order valence-electron chi connectivity index (χ4n) is 2.07. The molecule has 0 spiro atoms. The van der Waals surface area contributed by atoms with Gasteiger partial charge in [0, 0.05) is 13.5 Å². The normalized spacial score (nSPS) is 12.1. The third-order valence-corrected chi connectivity index (χ3v) is 2.84. The van der Waals surface area contributed by atoms with Crippen molar-refractivity contribution in [1.29, 1.82) is 0 Å². The maximum absolute atomic E-state index is 11.6. The molecule has 0 aliphatic rings. The van der Waals surface area contributed by atoms with Gasteiger partial charge in [0.1, 0.15) is 5.75 Å². The van der Waals surface area contributed by atoms with Crippen molar-refractivity contribution in [2.75, 3.05) is 6.54 Å². The van der Waals surface area contributed by atoms with Crippen LogP contribution in [0.5, 0.6) is 5.75 Å². The van der Waals surface area contributed by atoms with Gasteiger partial charge in [0.25, 0.3) is 0 Å². The molecule has 0 fully saturated rings. The quantitative estimate of drug-likeness (QED) is 0.868. The van der Waals surface area contributed by atoms with E-state index in [0.717, 1.165) is 0 Å². The van der Waals surface area contributed by atoms with E-state index in [1.54, 1.807) is 31.2 Å². The molecule has 110 valence electrons. The maximum Gasteiger partial charge on any atom is 0.331 e. The van der Waals surface area contributed by atoms with Crippen LogP contribution in [0.2, 0.25) is 0 Å². The highest BCUT2D eigenvalue weighted by Crippen LogP contribution is 2.25. The van der Waals surface area contributed by atoms with Crippen LogP contribution >= 0.6 is 0 Å². The summed E-state index contributed by atoms with van der Waals surface area (Å²) >= 11 is 0. The molecular weight excluding hydrogens is 258 g/mol. The van der Waals surface area contributed by atoms with Gasteiger partial charge in [0.2, 0.25) is 5.91 Å². The minimum Gasteiger partial charge on any atom is -0.491 e. The standard InChI is InChI=1S/C15H21NO4/c1-5-16(11(4)17)14(15(18)19)12-7-6-8-13(9-12)20-10(2)3/h6-10,14H,5H2,1-4H3,(H,18,19). The van der Waals surface area contributed by atoms with E-state index in [0.29, 0.717) is 17.9 Å². The largest absolute Gasteiger partial charge is 0.491 e. The molecule has 1 amide bonds. The summed E-state index contributed by atoms with van der Waals surface area (Å²) in [4.78, 5) is 24.4. The maximum atomic E-state index is 11.6. The second-order valence-electron chi connectivity index (χ2n) is 4.78. The summed E-state index contributed by atoms with van der Waals surface area (Å²) in [6.07, 6.45) is 0.00335. The lowest BCUT2D eigenvalue weighted by molar-refractivity contribution is -0.149. The van der Waals surface area contributed by atoms with Crippen LogP contribution in [0.25, 0.3) is 0 Å². The summed E-state index contributed by atoms with van der Waals surface area (Å²) in [5.74, 6) is -0.720. The molecular formula is C15H21NO4. The Morgan fingerprint density at radius 3 is 2.45 bits per heavy atom. The number of aliphatic carboxylic acids is 1. The van der Waals surface area contributed by atoms with Crippen LogP contribution in [0.4, 0.5) is 0 Å². The molecule has 1 rings (SSSR count). The summed E-state index contributed by atoms with van der Waals surface area (Å²) in [6.45, 7) is 7.26. The molecule has 0 saturated carbocycles. The van der Waals surface area contributed by atoms with E-state index in [-0.39, 0.29) is 12.0 Å². The van der Waals surface area contributed by atoms with Crippen LogP contribution in [0.15, 0.2) is 24.3 Å². The van der Waals surface area contributed by atoms with Crippen LogP contribution < -0.4 is 4.74 Å². The van der Waals surface area contributed by atoms with Gasteiger partial charge in [-0.1, -0.05) is 12.1 Å². The summed E-state index contributed by atoms with van der Waals surface area (Å²) in [5, 5.41) is 9.42. The number of carbonyl (C=O) groups excluding carboxylic acids is 1. The zero-order valence-corrected chi connectivity index (χ0v) is 12.3. The van der Waals surface area contributed by atoms with Crippen molar-refractivity contribution in [3.05, 3.63) is 29.8 Å². The van der Waals surface area contributed by atoms with Gasteiger partial charge in [0.15, 0.2) is 6.04 Å². The summed E-state index contributed by atoms with van der Waals surface area (Å²) in [5.41, 5.74) is 0.535. The fourth-order valence-corrected chi connectivity index (χ4v) is 2.07. The highest BCUT2D eigenvalue weighted by molar-refractivity contribution is 5.83. The number of hydrogen-bond acceptors (Lipinski definition) is 3. The topological polar surface area (TPSA) is 66.8 Å². The fraction of sp³-hybridized carbons (Fsp3) is 0.467. The Morgan fingerprint density at radius 1 is 1.35 bits per heavy atom. The number of carbonyl (C=O) groups is 2. The first kappa shape index (κ1) is 16.0. The number of rotatable bonds is 6. The Morgan fingerprint density at radius 2 is 2.00 bits per heavy atom. The van der Waals surface area contributed by atoms with Gasteiger partial charge in [-0.2, -0.15) is 0 Å². The Kier molecular flexibility index (Phi) is 5.55. The smallest absolute Gasteiger partial charge is 0.331 e. The number of hydrogen-bond donors (Lipinski definition) is 1. The molecule has 0 radical (unpaired) electrons. The second kappa shape index (κ2) is 6.93. The van der Waals surface area contributed by atoms with Crippen molar-refractivity contribution in [2.45, 2.75) is 39.8 Å².